The lowest BCUT2D eigenvalue weighted by Crippen LogP contribution is -2.22. The fourth-order valence-corrected chi connectivity index (χ4v) is 4.55. The van der Waals surface area contributed by atoms with E-state index in [-0.39, 0.29) is 5.56 Å². The maximum Gasteiger partial charge on any atom is 0.341 e. The zero-order valence-corrected chi connectivity index (χ0v) is 15.9. The second-order valence-corrected chi connectivity index (χ2v) is 7.29. The molecule has 0 amide bonds. The van der Waals surface area contributed by atoms with E-state index in [2.05, 4.69) is 24.4 Å². The zero-order chi connectivity index (χ0) is 19.1. The lowest BCUT2D eigenvalue weighted by Gasteiger charge is -2.27. The van der Waals surface area contributed by atoms with Gasteiger partial charge < -0.3 is 14.4 Å². The summed E-state index contributed by atoms with van der Waals surface area (Å²) >= 11 is 1.62. The Balaban J connectivity index is 2.03. The molecule has 0 unspecified atom stereocenters. The van der Waals surface area contributed by atoms with Crippen molar-refractivity contribution in [1.29, 1.82) is 0 Å². The molecule has 0 radical (unpaired) electrons. The minimum Gasteiger partial charge on any atom is -0.496 e. The molecule has 0 fully saturated rings. The van der Waals surface area contributed by atoms with Gasteiger partial charge in [-0.3, -0.25) is 4.79 Å². The monoisotopic (exact) mass is 381 g/mol. The summed E-state index contributed by atoms with van der Waals surface area (Å²) in [6, 6.07) is 5.57. The molecule has 138 valence electrons. The van der Waals surface area contributed by atoms with Gasteiger partial charge in [-0.15, -0.1) is 0 Å². The Kier molecular flexibility index (Phi) is 4.36. The number of rotatable bonds is 4. The van der Waals surface area contributed by atoms with Crippen LogP contribution in [0.25, 0.3) is 22.4 Å². The number of aryl methyl sites for hydroxylation is 1. The van der Waals surface area contributed by atoms with E-state index in [0.717, 1.165) is 46.5 Å². The Morgan fingerprint density at radius 3 is 2.78 bits per heavy atom. The van der Waals surface area contributed by atoms with E-state index in [9.17, 15) is 14.7 Å². The van der Waals surface area contributed by atoms with Gasteiger partial charge in [0.15, 0.2) is 5.43 Å². The van der Waals surface area contributed by atoms with Gasteiger partial charge in [0.1, 0.15) is 11.3 Å². The lowest BCUT2D eigenvalue weighted by molar-refractivity contribution is 0.0694. The van der Waals surface area contributed by atoms with E-state index in [1.807, 2.05) is 9.95 Å². The van der Waals surface area contributed by atoms with E-state index in [4.69, 9.17) is 4.74 Å². The van der Waals surface area contributed by atoms with Crippen molar-refractivity contribution < 1.29 is 14.6 Å². The van der Waals surface area contributed by atoms with Crippen molar-refractivity contribution in [3.63, 3.8) is 0 Å². The minimum absolute atomic E-state index is 0.190. The molecule has 1 aromatic carbocycles. The average Bonchev–Trinajstić information content (AvgIpc) is 3.20. The number of carboxylic acids is 1. The molecule has 0 atom stereocenters. The third-order valence-corrected chi connectivity index (χ3v) is 5.81. The van der Waals surface area contributed by atoms with Crippen LogP contribution < -0.4 is 10.2 Å². The smallest absolute Gasteiger partial charge is 0.341 e. The van der Waals surface area contributed by atoms with Gasteiger partial charge in [-0.2, -0.15) is 11.3 Å². The number of ether oxygens (including phenoxy) is 1. The minimum atomic E-state index is -1.19. The topological polar surface area (TPSA) is 68.5 Å². The molecule has 1 aliphatic heterocycles. The van der Waals surface area contributed by atoms with Crippen molar-refractivity contribution in [2.45, 2.75) is 26.3 Å². The first-order valence-corrected chi connectivity index (χ1v) is 9.72. The van der Waals surface area contributed by atoms with Crippen LogP contribution in [0, 0.1) is 0 Å². The molecule has 1 aliphatic rings. The standard InChI is InChI=1S/C21H19NO4S/c1-3-13-14-4-6-22-10-17(21(24)25)19(23)9-18(22)16(14)8-15(20(13)26-2)12-5-7-27-11-12/h5,7-11H,3-4,6H2,1-2H3,(H,24,25). The van der Waals surface area contributed by atoms with Gasteiger partial charge >= 0.3 is 5.97 Å². The highest BCUT2D eigenvalue weighted by atomic mass is 32.1. The van der Waals surface area contributed by atoms with Crippen LogP contribution in [0.2, 0.25) is 0 Å². The number of thiophene rings is 1. The summed E-state index contributed by atoms with van der Waals surface area (Å²) in [4.78, 5) is 23.6. The van der Waals surface area contributed by atoms with Crippen LogP contribution in [0.1, 0.15) is 28.4 Å². The summed E-state index contributed by atoms with van der Waals surface area (Å²) in [7, 11) is 1.69. The van der Waals surface area contributed by atoms with Gasteiger partial charge in [0.2, 0.25) is 0 Å². The van der Waals surface area contributed by atoms with Crippen molar-refractivity contribution in [1.82, 2.24) is 4.57 Å². The molecule has 3 aromatic rings. The lowest BCUT2D eigenvalue weighted by atomic mass is 9.87. The number of hydrogen-bond donors (Lipinski definition) is 1. The van der Waals surface area contributed by atoms with E-state index >= 15 is 0 Å². The van der Waals surface area contributed by atoms with Gasteiger partial charge in [-0.05, 0) is 52.4 Å². The number of aromatic nitrogens is 1. The van der Waals surface area contributed by atoms with Gasteiger partial charge in [-0.1, -0.05) is 6.92 Å². The summed E-state index contributed by atoms with van der Waals surface area (Å²) in [6.45, 7) is 2.74. The normalized spacial score (nSPS) is 12.4. The van der Waals surface area contributed by atoms with Gasteiger partial charge in [0, 0.05) is 29.9 Å². The van der Waals surface area contributed by atoms with Crippen LogP contribution in [0.3, 0.4) is 0 Å². The average molecular weight is 381 g/mol. The predicted molar refractivity (Wildman–Crippen MR) is 106 cm³/mol. The Morgan fingerprint density at radius 1 is 1.33 bits per heavy atom. The number of fused-ring (bicyclic) bond motifs is 3. The van der Waals surface area contributed by atoms with Crippen LogP contribution in [-0.4, -0.2) is 22.8 Å². The van der Waals surface area contributed by atoms with Crippen LogP contribution in [-0.2, 0) is 19.4 Å². The van der Waals surface area contributed by atoms with Crippen molar-refractivity contribution >= 4 is 17.3 Å². The van der Waals surface area contributed by atoms with E-state index in [0.29, 0.717) is 6.54 Å². The Bertz CT molecular complexity index is 1100. The fourth-order valence-electron chi connectivity index (χ4n) is 3.90. The number of aromatic carboxylic acids is 1. The molecule has 27 heavy (non-hydrogen) atoms. The van der Waals surface area contributed by atoms with E-state index < -0.39 is 11.4 Å². The summed E-state index contributed by atoms with van der Waals surface area (Å²) < 4.78 is 7.65. The summed E-state index contributed by atoms with van der Waals surface area (Å²) in [5, 5.41) is 13.4. The van der Waals surface area contributed by atoms with Gasteiger partial charge in [0.05, 0.1) is 12.8 Å². The highest BCUT2D eigenvalue weighted by Crippen LogP contribution is 2.43. The maximum absolute atomic E-state index is 12.3. The van der Waals surface area contributed by atoms with Crippen molar-refractivity contribution in [3.8, 4) is 28.1 Å². The van der Waals surface area contributed by atoms with E-state index in [1.54, 1.807) is 18.4 Å². The number of benzene rings is 1. The Hall–Kier alpha value is -2.86. The first-order chi connectivity index (χ1) is 13.0. The molecule has 6 heteroatoms. The SMILES string of the molecule is CCc1c2c(cc(-c3ccsc3)c1OC)-c1cc(=O)c(C(=O)O)cn1CC2. The van der Waals surface area contributed by atoms with Crippen molar-refractivity contribution in [2.24, 2.45) is 0 Å². The molecule has 0 aliphatic carbocycles. The number of carbonyl (C=O) groups is 1. The number of pyridine rings is 1. The quantitative estimate of drug-likeness (QED) is 0.740. The molecule has 3 heterocycles. The second-order valence-electron chi connectivity index (χ2n) is 6.51. The van der Waals surface area contributed by atoms with E-state index in [1.165, 1.54) is 17.8 Å². The second kappa shape index (κ2) is 6.70. The summed E-state index contributed by atoms with van der Waals surface area (Å²) in [6.07, 6.45) is 3.05. The molecule has 0 bridgehead atoms. The van der Waals surface area contributed by atoms with Crippen LogP contribution in [0.5, 0.6) is 5.75 Å². The molecule has 0 saturated carbocycles. The molecule has 0 spiro atoms. The highest BCUT2D eigenvalue weighted by molar-refractivity contribution is 7.08. The molecule has 0 saturated heterocycles. The molecule has 5 nitrogen and oxygen atoms in total. The number of methoxy groups -OCH3 is 1. The third kappa shape index (κ3) is 2.77. The fraction of sp³-hybridized carbons (Fsp3) is 0.238. The molecular formula is C21H19NO4S. The molecule has 2 aromatic heterocycles. The van der Waals surface area contributed by atoms with Crippen molar-refractivity contribution in [2.75, 3.05) is 7.11 Å². The number of hydrogen-bond acceptors (Lipinski definition) is 4. The third-order valence-electron chi connectivity index (χ3n) is 5.12. The maximum atomic E-state index is 12.3. The highest BCUT2D eigenvalue weighted by Gasteiger charge is 2.25. The Labute approximate surface area is 160 Å². The molecule has 1 N–H and O–H groups in total. The van der Waals surface area contributed by atoms with Crippen LogP contribution in [0.15, 0.2) is 40.0 Å². The van der Waals surface area contributed by atoms with Gasteiger partial charge in [-0.25, -0.2) is 4.79 Å². The zero-order valence-electron chi connectivity index (χ0n) is 15.1. The first kappa shape index (κ1) is 17.5. The Morgan fingerprint density at radius 2 is 2.15 bits per heavy atom. The first-order valence-electron chi connectivity index (χ1n) is 8.78. The number of carboxylic acid groups (broad SMARTS) is 1. The molecule has 4 rings (SSSR count). The van der Waals surface area contributed by atoms with Gasteiger partial charge in [0.25, 0.3) is 0 Å². The van der Waals surface area contributed by atoms with Crippen LogP contribution >= 0.6 is 11.3 Å². The van der Waals surface area contributed by atoms with Crippen LogP contribution in [0.4, 0.5) is 0 Å². The predicted octanol–water partition coefficient (Wildman–Crippen LogP) is 4.07. The summed E-state index contributed by atoms with van der Waals surface area (Å²) in [5.41, 5.74) is 5.49. The van der Waals surface area contributed by atoms with Crippen molar-refractivity contribution in [3.05, 3.63) is 62.1 Å². The summed E-state index contributed by atoms with van der Waals surface area (Å²) in [5.74, 6) is -0.309. The number of nitrogens with zero attached hydrogens (tertiary/aromatic N) is 1. The molecular weight excluding hydrogens is 362 g/mol. The largest absolute Gasteiger partial charge is 0.496 e.